The standard InChI is InChI=1S/C42H60N2.2C16H33.Ni/c1-9-17-19-20-21-22-23-24-26-40-39(25-18-10-2)41(35-27-31(11-3)37(15-7)32(12-4)28-35)44(43)42(40)36-29-33(13-5)38(16-8)34(14-6)30-36;2*1-3-5-7-9-11-13-15-16-14-12-10-8-6-4-2;/h27-30H,9-23,25H2,1-8H3;2*1,3-16H2,2H3;/q;2*-1;+2. The maximum absolute atomic E-state index is 12.3. The summed E-state index contributed by atoms with van der Waals surface area (Å²) in [5.41, 5.74) is 27.1. The van der Waals surface area contributed by atoms with Crippen molar-refractivity contribution in [2.75, 3.05) is 0 Å². The van der Waals surface area contributed by atoms with Crippen LogP contribution in [0.3, 0.4) is 0 Å². The maximum Gasteiger partial charge on any atom is 2.00 e. The van der Waals surface area contributed by atoms with Gasteiger partial charge >= 0.3 is 16.5 Å². The number of allylic oxidation sites excluding steroid dienone is 2. The number of hydrogen-bond acceptors (Lipinski definition) is 0. The van der Waals surface area contributed by atoms with Crippen LogP contribution < -0.4 is 0 Å². The summed E-state index contributed by atoms with van der Waals surface area (Å²) in [5, 5.41) is 0. The molecule has 0 fully saturated rings. The zero-order valence-corrected chi connectivity index (χ0v) is 54.0. The SMILES string of the molecule is CCCCCCCCC#CC1=C(c2cc(CC)c(CC)c(CC)c2)[N+](=[N-])C(c2cc(CC)c(CC)c(CC)c2)=C1CCCC.[CH2-]CCCCCCCCCCCCCCC.[CH2-]CCCCCCCCCCCCCCC.[Ni+2]. The van der Waals surface area contributed by atoms with Crippen molar-refractivity contribution in [2.24, 2.45) is 0 Å². The van der Waals surface area contributed by atoms with Gasteiger partial charge in [-0.1, -0.05) is 287 Å². The molecule has 0 bridgehead atoms. The zero-order chi connectivity index (χ0) is 55.9. The van der Waals surface area contributed by atoms with Gasteiger partial charge in [-0.15, -0.1) is 0 Å². The van der Waals surface area contributed by atoms with Crippen LogP contribution in [0.1, 0.15) is 358 Å². The van der Waals surface area contributed by atoms with Gasteiger partial charge in [-0.25, -0.2) is 4.70 Å². The van der Waals surface area contributed by atoms with Crippen molar-refractivity contribution in [3.05, 3.63) is 99.3 Å². The van der Waals surface area contributed by atoms with Crippen LogP contribution >= 0.6 is 0 Å². The summed E-state index contributed by atoms with van der Waals surface area (Å²) >= 11 is 0. The van der Waals surface area contributed by atoms with Gasteiger partial charge in [0.05, 0.1) is 0 Å². The minimum absolute atomic E-state index is 0. The Balaban J connectivity index is 0.00000143. The quantitative estimate of drug-likeness (QED) is 0.0208. The Hall–Kier alpha value is -2.43. The van der Waals surface area contributed by atoms with Gasteiger partial charge in [-0.2, -0.15) is 12.8 Å². The molecule has 0 radical (unpaired) electrons. The summed E-state index contributed by atoms with van der Waals surface area (Å²) in [5.74, 6) is 7.26. The molecular weight excluding hydrogens is 976 g/mol. The third-order valence-electron chi connectivity index (χ3n) is 16.3. The molecule has 0 saturated carbocycles. The fourth-order valence-corrected chi connectivity index (χ4v) is 11.5. The van der Waals surface area contributed by atoms with Crippen LogP contribution in [0.25, 0.3) is 16.9 Å². The van der Waals surface area contributed by atoms with Crippen LogP contribution in [0, 0.1) is 25.7 Å². The average molecular weight is 1100 g/mol. The molecule has 1 aliphatic heterocycles. The summed E-state index contributed by atoms with van der Waals surface area (Å²) in [6.45, 7) is 30.4. The Labute approximate surface area is 492 Å². The van der Waals surface area contributed by atoms with E-state index in [4.69, 9.17) is 0 Å². The Kier molecular flexibility index (Phi) is 50.1. The number of aryl methyl sites for hydroxylation is 4. The first kappa shape index (κ1) is 74.6. The molecule has 2 aromatic carbocycles. The fourth-order valence-electron chi connectivity index (χ4n) is 11.5. The smallest absolute Gasteiger partial charge is 0.493 e. The number of unbranched alkanes of at least 4 members (excludes halogenated alkanes) is 33. The molecule has 0 N–H and O–H groups in total. The van der Waals surface area contributed by atoms with Crippen LogP contribution in [-0.4, -0.2) is 4.70 Å². The number of nitrogens with zero attached hydrogens (tertiary/aromatic N) is 2. The summed E-state index contributed by atoms with van der Waals surface area (Å²) in [7, 11) is 0. The molecule has 0 unspecified atom stereocenters. The van der Waals surface area contributed by atoms with Crippen LogP contribution in [-0.2, 0) is 55.0 Å². The molecule has 3 rings (SSSR count). The number of benzene rings is 2. The molecule has 1 aliphatic rings. The maximum atomic E-state index is 12.3. The van der Waals surface area contributed by atoms with E-state index >= 15 is 0 Å². The van der Waals surface area contributed by atoms with E-state index in [-0.39, 0.29) is 16.5 Å². The molecule has 2 aromatic rings. The van der Waals surface area contributed by atoms with Crippen LogP contribution in [0.2, 0.25) is 0 Å². The van der Waals surface area contributed by atoms with Gasteiger partial charge < -0.3 is 19.4 Å². The number of hydrogen-bond donors (Lipinski definition) is 0. The third kappa shape index (κ3) is 31.4. The van der Waals surface area contributed by atoms with Gasteiger partial charge in [0.1, 0.15) is 5.57 Å². The van der Waals surface area contributed by atoms with Crippen molar-refractivity contribution in [1.29, 1.82) is 0 Å². The monoisotopic (exact) mass is 1100 g/mol. The molecule has 442 valence electrons. The summed E-state index contributed by atoms with van der Waals surface area (Å²) in [4.78, 5) is 0. The summed E-state index contributed by atoms with van der Waals surface area (Å²) < 4.78 is 1.53. The van der Waals surface area contributed by atoms with Gasteiger partial charge in [0, 0.05) is 23.1 Å². The number of rotatable bonds is 43. The Morgan fingerprint density at radius 3 is 0.935 bits per heavy atom. The van der Waals surface area contributed by atoms with Gasteiger partial charge in [-0.3, -0.25) is 0 Å². The normalized spacial score (nSPS) is 12.1. The second-order valence-electron chi connectivity index (χ2n) is 22.6. The molecular formula is C74H126N2Ni. The molecule has 0 spiro atoms. The fraction of sp³-hybridized carbons (Fsp3) is 0.730. The van der Waals surface area contributed by atoms with Crippen LogP contribution in [0.5, 0.6) is 0 Å². The molecule has 3 heteroatoms. The van der Waals surface area contributed by atoms with Gasteiger partial charge in [0.15, 0.2) is 0 Å². The van der Waals surface area contributed by atoms with Crippen molar-refractivity contribution >= 4 is 11.4 Å². The average Bonchev–Trinajstić information content (AvgIpc) is 3.72. The Morgan fingerprint density at radius 2 is 0.649 bits per heavy atom. The minimum atomic E-state index is 0. The predicted octanol–water partition coefficient (Wildman–Crippen LogP) is 24.8. The topological polar surface area (TPSA) is 25.3 Å². The first-order valence-corrected chi connectivity index (χ1v) is 33.6. The van der Waals surface area contributed by atoms with Crippen molar-refractivity contribution in [3.63, 3.8) is 0 Å². The largest absolute Gasteiger partial charge is 2.00 e. The van der Waals surface area contributed by atoms with Gasteiger partial charge in [0.2, 0.25) is 11.4 Å². The second-order valence-corrected chi connectivity index (χ2v) is 22.6. The minimum Gasteiger partial charge on any atom is -0.493 e. The van der Waals surface area contributed by atoms with Crippen LogP contribution in [0.4, 0.5) is 0 Å². The van der Waals surface area contributed by atoms with Crippen molar-refractivity contribution in [3.8, 4) is 11.8 Å². The summed E-state index contributed by atoms with van der Waals surface area (Å²) in [6, 6.07) is 9.37. The Bertz CT molecular complexity index is 1780. The van der Waals surface area contributed by atoms with E-state index in [2.05, 4.69) is 119 Å². The zero-order valence-electron chi connectivity index (χ0n) is 53.0. The van der Waals surface area contributed by atoms with E-state index < -0.39 is 0 Å². The van der Waals surface area contributed by atoms with Gasteiger partial charge in [-0.05, 0) is 115 Å². The van der Waals surface area contributed by atoms with E-state index in [9.17, 15) is 5.53 Å². The molecule has 0 atom stereocenters. The van der Waals surface area contributed by atoms with E-state index in [1.807, 2.05) is 0 Å². The molecule has 2 nitrogen and oxygen atoms in total. The van der Waals surface area contributed by atoms with E-state index in [1.54, 1.807) is 0 Å². The molecule has 0 aromatic heterocycles. The van der Waals surface area contributed by atoms with Crippen molar-refractivity contribution in [1.82, 2.24) is 0 Å². The molecule has 0 saturated heterocycles. The second kappa shape index (κ2) is 51.7. The van der Waals surface area contributed by atoms with E-state index in [0.717, 1.165) is 112 Å². The van der Waals surface area contributed by atoms with Crippen molar-refractivity contribution < 1.29 is 21.2 Å². The summed E-state index contributed by atoms with van der Waals surface area (Å²) in [6.07, 6.45) is 57.4. The third-order valence-corrected chi connectivity index (χ3v) is 16.3. The van der Waals surface area contributed by atoms with E-state index in [1.165, 1.54) is 243 Å². The molecule has 1 heterocycles. The predicted molar refractivity (Wildman–Crippen MR) is 343 cm³/mol. The molecule has 0 amide bonds. The van der Waals surface area contributed by atoms with Crippen LogP contribution in [0.15, 0.2) is 35.4 Å². The van der Waals surface area contributed by atoms with Gasteiger partial charge in [0.25, 0.3) is 0 Å². The molecule has 0 aliphatic carbocycles. The van der Waals surface area contributed by atoms with Crippen molar-refractivity contribution in [2.45, 2.75) is 352 Å². The first-order valence-electron chi connectivity index (χ1n) is 33.6. The first-order chi connectivity index (χ1) is 37.3. The van der Waals surface area contributed by atoms with E-state index in [0.29, 0.717) is 0 Å². The Morgan fingerprint density at radius 1 is 0.364 bits per heavy atom. The molecule has 77 heavy (non-hydrogen) atoms.